The topological polar surface area (TPSA) is 113 Å². The summed E-state index contributed by atoms with van der Waals surface area (Å²) in [5.74, 6) is -1.68. The van der Waals surface area contributed by atoms with E-state index in [1.165, 1.54) is 11.3 Å². The van der Waals surface area contributed by atoms with E-state index >= 15 is 0 Å². The van der Waals surface area contributed by atoms with Crippen LogP contribution < -0.4 is 10.6 Å². The van der Waals surface area contributed by atoms with Crippen LogP contribution in [0.2, 0.25) is 0 Å². The largest absolute Gasteiger partial charge is 0.394 e. The van der Waals surface area contributed by atoms with E-state index < -0.39 is 17.2 Å². The van der Waals surface area contributed by atoms with E-state index in [1.54, 1.807) is 13.1 Å². The Morgan fingerprint density at radius 2 is 2.00 bits per heavy atom. The van der Waals surface area contributed by atoms with Gasteiger partial charge in [0.05, 0.1) is 23.4 Å². The predicted octanol–water partition coefficient (Wildman–Crippen LogP) is 2.36. The number of nitrogens with zero attached hydrogens (tertiary/aromatic N) is 2. The Kier molecular flexibility index (Phi) is 5.50. The molecule has 1 saturated carbocycles. The number of ketones is 1. The molecule has 0 aromatic carbocycles. The van der Waals surface area contributed by atoms with Crippen molar-refractivity contribution in [2.24, 2.45) is 0 Å². The quantitative estimate of drug-likeness (QED) is 0.481. The van der Waals surface area contributed by atoms with Gasteiger partial charge in [-0.25, -0.2) is 4.98 Å². The molecule has 3 N–H and O–H groups in total. The summed E-state index contributed by atoms with van der Waals surface area (Å²) < 4.78 is 1.83. The molecule has 2 aliphatic rings. The molecule has 0 bridgehead atoms. The minimum atomic E-state index is -0.722. The number of thiazole rings is 1. The lowest BCUT2D eigenvalue weighted by Crippen LogP contribution is -2.57. The molecule has 0 atom stereocenters. The molecule has 1 aliphatic heterocycles. The highest BCUT2D eigenvalue weighted by Crippen LogP contribution is 2.33. The number of amides is 2. The lowest BCUT2D eigenvalue weighted by atomic mass is 9.77. The number of Topliss-reactive ketones (excluding diaryl/α,β-unsaturated/α-hetero) is 1. The number of carbonyl (C=O) groups is 3. The molecule has 0 saturated heterocycles. The molecule has 1 fully saturated rings. The van der Waals surface area contributed by atoms with Gasteiger partial charge in [-0.3, -0.25) is 19.7 Å². The number of aryl methyl sites for hydroxylation is 1. The van der Waals surface area contributed by atoms with Gasteiger partial charge in [-0.15, -0.1) is 11.3 Å². The monoisotopic (exact) mass is 430 g/mol. The standard InChI is InChI=1S/C21H26N4O4S/c1-12-10-22-20(30-12)23-18(28)15-13(2)16(25-9-4-3-6-14(15)25)17(27)19(29)24-21(11-26)7-5-8-21/h10,26H,3-9,11H2,1-2H3,(H,24,29)(H,22,23,28). The summed E-state index contributed by atoms with van der Waals surface area (Å²) in [5.41, 5.74) is 1.35. The van der Waals surface area contributed by atoms with Gasteiger partial charge in [0.1, 0.15) is 0 Å². The maximum absolute atomic E-state index is 13.1. The van der Waals surface area contributed by atoms with Crippen molar-refractivity contribution in [3.63, 3.8) is 0 Å². The normalized spacial score (nSPS) is 17.0. The highest BCUT2D eigenvalue weighted by atomic mass is 32.1. The Hall–Kier alpha value is -2.52. The molecule has 2 amide bonds. The molecule has 4 rings (SSSR count). The molecule has 9 heteroatoms. The van der Waals surface area contributed by atoms with Gasteiger partial charge in [0.15, 0.2) is 5.13 Å². The van der Waals surface area contributed by atoms with Crippen LogP contribution in [0.25, 0.3) is 0 Å². The lowest BCUT2D eigenvalue weighted by Gasteiger charge is -2.40. The molecular formula is C21H26N4O4S. The second kappa shape index (κ2) is 7.96. The van der Waals surface area contributed by atoms with Crippen molar-refractivity contribution < 1.29 is 19.5 Å². The summed E-state index contributed by atoms with van der Waals surface area (Å²) in [4.78, 5) is 44.1. The van der Waals surface area contributed by atoms with Gasteiger partial charge in [0, 0.05) is 23.3 Å². The number of anilines is 1. The third kappa shape index (κ3) is 3.56. The molecule has 0 radical (unpaired) electrons. The number of aliphatic hydroxyl groups is 1. The summed E-state index contributed by atoms with van der Waals surface area (Å²) in [7, 11) is 0. The van der Waals surface area contributed by atoms with Crippen molar-refractivity contribution >= 4 is 34.1 Å². The van der Waals surface area contributed by atoms with Crippen LogP contribution in [0.15, 0.2) is 6.20 Å². The number of rotatable bonds is 6. The smallest absolute Gasteiger partial charge is 0.294 e. The summed E-state index contributed by atoms with van der Waals surface area (Å²) in [6.07, 6.45) is 6.41. The number of fused-ring (bicyclic) bond motifs is 1. The zero-order chi connectivity index (χ0) is 21.5. The Morgan fingerprint density at radius 3 is 2.60 bits per heavy atom. The minimum absolute atomic E-state index is 0.182. The molecule has 2 aromatic rings. The van der Waals surface area contributed by atoms with E-state index in [0.29, 0.717) is 42.1 Å². The number of nitrogens with one attached hydrogen (secondary N) is 2. The Balaban J connectivity index is 1.66. The van der Waals surface area contributed by atoms with Crippen molar-refractivity contribution in [3.8, 4) is 0 Å². The van der Waals surface area contributed by atoms with Crippen LogP contribution in [-0.2, 0) is 17.8 Å². The van der Waals surface area contributed by atoms with E-state index in [1.807, 2.05) is 11.5 Å². The zero-order valence-electron chi connectivity index (χ0n) is 17.2. The van der Waals surface area contributed by atoms with Gasteiger partial charge in [-0.2, -0.15) is 0 Å². The van der Waals surface area contributed by atoms with Crippen molar-refractivity contribution in [1.29, 1.82) is 0 Å². The Morgan fingerprint density at radius 1 is 1.23 bits per heavy atom. The van der Waals surface area contributed by atoms with Crippen LogP contribution in [0.1, 0.15) is 69.1 Å². The SMILES string of the molecule is Cc1cnc(NC(=O)c2c(C)c(C(=O)C(=O)NC3(CO)CCC3)n3c2CCCC3)s1. The second-order valence-corrected chi connectivity index (χ2v) is 9.44. The molecule has 2 aromatic heterocycles. The fourth-order valence-electron chi connectivity index (χ4n) is 4.37. The van der Waals surface area contributed by atoms with Crippen molar-refractivity contribution in [1.82, 2.24) is 14.9 Å². The van der Waals surface area contributed by atoms with E-state index in [2.05, 4.69) is 15.6 Å². The first-order chi connectivity index (χ1) is 14.3. The zero-order valence-corrected chi connectivity index (χ0v) is 18.0. The van der Waals surface area contributed by atoms with Crippen molar-refractivity contribution in [2.45, 2.75) is 64.5 Å². The maximum atomic E-state index is 13.1. The molecule has 30 heavy (non-hydrogen) atoms. The second-order valence-electron chi connectivity index (χ2n) is 8.21. The fourth-order valence-corrected chi connectivity index (χ4v) is 5.03. The van der Waals surface area contributed by atoms with Gasteiger partial charge < -0.3 is 15.0 Å². The number of carbonyl (C=O) groups excluding carboxylic acids is 3. The van der Waals surface area contributed by atoms with Crippen LogP contribution >= 0.6 is 11.3 Å². The average Bonchev–Trinajstić information content (AvgIpc) is 3.23. The highest BCUT2D eigenvalue weighted by Gasteiger charge is 2.40. The molecule has 0 spiro atoms. The summed E-state index contributed by atoms with van der Waals surface area (Å²) in [5, 5.41) is 15.7. The van der Waals surface area contributed by atoms with E-state index in [9.17, 15) is 19.5 Å². The summed E-state index contributed by atoms with van der Waals surface area (Å²) >= 11 is 1.39. The molecular weight excluding hydrogens is 404 g/mol. The fraction of sp³-hybridized carbons (Fsp3) is 0.524. The van der Waals surface area contributed by atoms with Crippen LogP contribution in [0.4, 0.5) is 5.13 Å². The van der Waals surface area contributed by atoms with Gasteiger partial charge in [-0.1, -0.05) is 0 Å². The lowest BCUT2D eigenvalue weighted by molar-refractivity contribution is -0.120. The van der Waals surface area contributed by atoms with Crippen LogP contribution in [0.3, 0.4) is 0 Å². The predicted molar refractivity (Wildman–Crippen MR) is 113 cm³/mol. The van der Waals surface area contributed by atoms with Crippen LogP contribution in [0, 0.1) is 13.8 Å². The first-order valence-electron chi connectivity index (χ1n) is 10.3. The van der Waals surface area contributed by atoms with Crippen molar-refractivity contribution in [2.75, 3.05) is 11.9 Å². The van der Waals surface area contributed by atoms with Gasteiger partial charge >= 0.3 is 0 Å². The van der Waals surface area contributed by atoms with E-state index in [-0.39, 0.29) is 18.2 Å². The highest BCUT2D eigenvalue weighted by molar-refractivity contribution is 7.15. The summed E-state index contributed by atoms with van der Waals surface area (Å²) in [6.45, 7) is 4.05. The number of aliphatic hydroxyl groups excluding tert-OH is 1. The number of aromatic nitrogens is 2. The summed E-state index contributed by atoms with van der Waals surface area (Å²) in [6, 6.07) is 0. The van der Waals surface area contributed by atoms with Gasteiger partial charge in [-0.05, 0) is 57.9 Å². The van der Waals surface area contributed by atoms with Crippen molar-refractivity contribution in [3.05, 3.63) is 33.6 Å². The number of hydrogen-bond acceptors (Lipinski definition) is 6. The number of hydrogen-bond donors (Lipinski definition) is 3. The minimum Gasteiger partial charge on any atom is -0.394 e. The average molecular weight is 431 g/mol. The molecule has 160 valence electrons. The first kappa shape index (κ1) is 20.7. The molecule has 3 heterocycles. The van der Waals surface area contributed by atoms with E-state index in [0.717, 1.165) is 29.8 Å². The Bertz CT molecular complexity index is 1010. The maximum Gasteiger partial charge on any atom is 0.294 e. The molecule has 1 aliphatic carbocycles. The van der Waals surface area contributed by atoms with Gasteiger partial charge in [0.25, 0.3) is 17.6 Å². The van der Waals surface area contributed by atoms with E-state index in [4.69, 9.17) is 0 Å². The molecule has 8 nitrogen and oxygen atoms in total. The van der Waals surface area contributed by atoms with Crippen LogP contribution in [-0.4, -0.2) is 44.4 Å². The van der Waals surface area contributed by atoms with Gasteiger partial charge in [0.2, 0.25) is 0 Å². The third-order valence-corrected chi connectivity index (χ3v) is 6.97. The third-order valence-electron chi connectivity index (χ3n) is 6.14. The first-order valence-corrected chi connectivity index (χ1v) is 11.1. The van der Waals surface area contributed by atoms with Crippen LogP contribution in [0.5, 0.6) is 0 Å². The molecule has 0 unspecified atom stereocenters. The Labute approximate surface area is 178 Å².